The molecule has 0 bridgehead atoms. The molecule has 4 N–H and O–H groups in total. The van der Waals surface area contributed by atoms with Crippen molar-refractivity contribution in [2.45, 2.75) is 63.7 Å². The first-order valence-electron chi connectivity index (χ1n) is 20.7. The van der Waals surface area contributed by atoms with Gasteiger partial charge in [0.2, 0.25) is 5.91 Å². The van der Waals surface area contributed by atoms with E-state index in [1.54, 1.807) is 11.1 Å². The minimum absolute atomic E-state index is 0.108. The van der Waals surface area contributed by atoms with Crippen LogP contribution < -0.4 is 10.6 Å². The van der Waals surface area contributed by atoms with E-state index in [4.69, 9.17) is 19.4 Å². The van der Waals surface area contributed by atoms with Crippen molar-refractivity contribution in [3.05, 3.63) is 121 Å². The average Bonchev–Trinajstić information content (AvgIpc) is 4.14. The third-order valence-electron chi connectivity index (χ3n) is 11.8. The number of benzene rings is 4. The van der Waals surface area contributed by atoms with E-state index in [1.807, 2.05) is 55.3 Å². The first kappa shape index (κ1) is 40.8. The first-order chi connectivity index (χ1) is 29.6. The van der Waals surface area contributed by atoms with Crippen LogP contribution in [0.15, 0.2) is 103 Å². The van der Waals surface area contributed by atoms with Crippen molar-refractivity contribution in [1.82, 2.24) is 40.4 Å². The van der Waals surface area contributed by atoms with Crippen molar-refractivity contribution in [1.29, 1.82) is 0 Å². The molecule has 4 unspecified atom stereocenters. The Labute approximate surface area is 354 Å². The molecule has 0 aliphatic carbocycles. The number of aromatic amines is 2. The summed E-state index contributed by atoms with van der Waals surface area (Å²) in [7, 11) is 2.57. The van der Waals surface area contributed by atoms with Gasteiger partial charge in [-0.05, 0) is 76.8 Å². The Balaban J connectivity index is 0.942. The molecule has 2 fully saturated rings. The number of carbonyl (C=O) groups is 4. The van der Waals surface area contributed by atoms with E-state index < -0.39 is 24.3 Å². The molecule has 4 amide bonds. The topological polar surface area (TPSA) is 175 Å². The number of nitrogens with one attached hydrogen (secondary N) is 4. The summed E-state index contributed by atoms with van der Waals surface area (Å²) < 4.78 is 9.60. The minimum Gasteiger partial charge on any atom is -0.453 e. The first-order valence-corrected chi connectivity index (χ1v) is 20.7. The van der Waals surface area contributed by atoms with Crippen LogP contribution in [0.25, 0.3) is 44.4 Å². The van der Waals surface area contributed by atoms with E-state index in [2.05, 4.69) is 81.3 Å². The smallest absolute Gasteiger partial charge is 0.407 e. The quantitative estimate of drug-likeness (QED) is 0.101. The average molecular weight is 823 g/mol. The number of amides is 4. The van der Waals surface area contributed by atoms with Gasteiger partial charge >= 0.3 is 12.2 Å². The summed E-state index contributed by atoms with van der Waals surface area (Å²) in [6.45, 7) is 4.95. The molecule has 0 radical (unpaired) electrons. The van der Waals surface area contributed by atoms with E-state index >= 15 is 0 Å². The molecule has 2 aliphatic heterocycles. The lowest BCUT2D eigenvalue weighted by Crippen LogP contribution is -2.51. The lowest BCUT2D eigenvalue weighted by Gasteiger charge is -2.30. The molecule has 2 saturated heterocycles. The maximum absolute atomic E-state index is 13.9. The lowest BCUT2D eigenvalue weighted by atomic mass is 9.98. The fraction of sp³-hybridized carbons (Fsp3) is 0.319. The van der Waals surface area contributed by atoms with Gasteiger partial charge in [-0.2, -0.15) is 0 Å². The molecule has 2 aliphatic rings. The zero-order valence-corrected chi connectivity index (χ0v) is 34.7. The molecule has 0 saturated carbocycles. The summed E-state index contributed by atoms with van der Waals surface area (Å²) in [6.07, 6.45) is 5.53. The van der Waals surface area contributed by atoms with Crippen molar-refractivity contribution in [3.8, 4) is 33.6 Å². The van der Waals surface area contributed by atoms with Gasteiger partial charge in [0, 0.05) is 18.7 Å². The number of hydrogen-bond donors (Lipinski definition) is 4. The molecule has 4 aromatic carbocycles. The van der Waals surface area contributed by atoms with Crippen LogP contribution >= 0.6 is 0 Å². The lowest BCUT2D eigenvalue weighted by molar-refractivity contribution is -0.135. The van der Waals surface area contributed by atoms with E-state index in [0.29, 0.717) is 24.5 Å². The molecule has 14 nitrogen and oxygen atoms in total. The molecular weight excluding hydrogens is 773 g/mol. The fourth-order valence-corrected chi connectivity index (χ4v) is 8.52. The van der Waals surface area contributed by atoms with E-state index in [0.717, 1.165) is 75.9 Å². The van der Waals surface area contributed by atoms with E-state index in [1.165, 1.54) is 14.2 Å². The third-order valence-corrected chi connectivity index (χ3v) is 11.8. The Morgan fingerprint density at radius 3 is 1.74 bits per heavy atom. The molecule has 61 heavy (non-hydrogen) atoms. The number of nitrogens with zero attached hydrogens (tertiary/aromatic N) is 4. The predicted octanol–water partition coefficient (Wildman–Crippen LogP) is 8.09. The van der Waals surface area contributed by atoms with Crippen LogP contribution in [0.4, 0.5) is 9.59 Å². The zero-order valence-electron chi connectivity index (χ0n) is 34.7. The number of imidazole rings is 2. The number of ether oxygens (including phenoxy) is 2. The summed E-state index contributed by atoms with van der Waals surface area (Å²) in [5, 5.41) is 7.60. The van der Waals surface area contributed by atoms with Crippen LogP contribution in [-0.4, -0.2) is 87.1 Å². The van der Waals surface area contributed by atoms with Gasteiger partial charge in [-0.25, -0.2) is 19.6 Å². The Kier molecular flexibility index (Phi) is 11.9. The van der Waals surface area contributed by atoms with Gasteiger partial charge in [0.05, 0.1) is 50.1 Å². The molecule has 8 rings (SSSR count). The van der Waals surface area contributed by atoms with Crippen molar-refractivity contribution >= 4 is 34.8 Å². The van der Waals surface area contributed by atoms with Crippen molar-refractivity contribution in [2.75, 3.05) is 27.3 Å². The molecule has 6 aromatic rings. The number of fused-ring (bicyclic) bond motifs is 1. The Hall–Kier alpha value is -6.96. The number of alkyl carbamates (subject to hydrolysis) is 2. The molecule has 14 heteroatoms. The van der Waals surface area contributed by atoms with Crippen LogP contribution in [0.1, 0.15) is 74.9 Å². The van der Waals surface area contributed by atoms with Crippen molar-refractivity contribution in [3.63, 3.8) is 0 Å². The maximum Gasteiger partial charge on any atom is 0.407 e. The second-order valence-corrected chi connectivity index (χ2v) is 15.9. The highest BCUT2D eigenvalue weighted by Crippen LogP contribution is 2.36. The highest BCUT2D eigenvalue weighted by atomic mass is 16.5. The maximum atomic E-state index is 13.9. The highest BCUT2D eigenvalue weighted by molar-refractivity contribution is 5.91. The van der Waals surface area contributed by atoms with Gasteiger partial charge in [-0.3, -0.25) is 9.59 Å². The van der Waals surface area contributed by atoms with Gasteiger partial charge in [-0.15, -0.1) is 0 Å². The number of aromatic nitrogens is 4. The minimum atomic E-state index is -0.880. The van der Waals surface area contributed by atoms with Crippen LogP contribution in [0.2, 0.25) is 0 Å². The zero-order chi connectivity index (χ0) is 42.6. The number of methoxy groups -OCH3 is 2. The Morgan fingerprint density at radius 2 is 1.15 bits per heavy atom. The summed E-state index contributed by atoms with van der Waals surface area (Å²) in [6, 6.07) is 28.2. The van der Waals surface area contributed by atoms with Crippen LogP contribution in [0, 0.1) is 5.92 Å². The van der Waals surface area contributed by atoms with E-state index in [9.17, 15) is 19.2 Å². The second kappa shape index (κ2) is 17.7. The Bertz CT molecular complexity index is 2530. The predicted molar refractivity (Wildman–Crippen MR) is 231 cm³/mol. The van der Waals surface area contributed by atoms with Gasteiger partial charge < -0.3 is 39.9 Å². The van der Waals surface area contributed by atoms with Gasteiger partial charge in [0.1, 0.15) is 23.7 Å². The summed E-state index contributed by atoms with van der Waals surface area (Å²) >= 11 is 0. The van der Waals surface area contributed by atoms with E-state index in [-0.39, 0.29) is 29.8 Å². The summed E-state index contributed by atoms with van der Waals surface area (Å²) in [5.74, 6) is 0.972. The Morgan fingerprint density at radius 1 is 0.639 bits per heavy atom. The number of H-pyrrole nitrogens is 2. The molecule has 314 valence electrons. The van der Waals surface area contributed by atoms with Crippen molar-refractivity contribution in [2.24, 2.45) is 5.92 Å². The molecule has 2 aromatic heterocycles. The van der Waals surface area contributed by atoms with Gasteiger partial charge in [0.15, 0.2) is 0 Å². The molecule has 0 spiro atoms. The van der Waals surface area contributed by atoms with Gasteiger partial charge in [-0.1, -0.05) is 92.7 Å². The van der Waals surface area contributed by atoms with Crippen LogP contribution in [0.5, 0.6) is 0 Å². The standard InChI is InChI=1S/C47H50N8O6/c1-28(2)40(52-46(58)60-3)44(56)54-22-8-12-38(54)43-49-27-37(51-43)35-21-20-33-24-32(18-19-34(33)25-35)29-14-16-30(17-15-29)36-26-48-42(50-36)39-13-9-23-55(39)45(57)41(53-47(59)61-4)31-10-6-5-7-11-31/h5-7,10-11,14-21,24-28,38-41H,8-9,12-13,22-23H2,1-4H3,(H,48,50)(H,49,51)(H,52,58)(H,53,59). The number of rotatable bonds is 11. The highest BCUT2D eigenvalue weighted by Gasteiger charge is 2.39. The molecular formula is C47H50N8O6. The largest absolute Gasteiger partial charge is 0.453 e. The summed E-state index contributed by atoms with van der Waals surface area (Å²) in [4.78, 5) is 71.7. The van der Waals surface area contributed by atoms with Crippen LogP contribution in [-0.2, 0) is 19.1 Å². The SMILES string of the molecule is COC(=O)NC(C(=O)N1CCCC1c1ncc(-c2ccc(-c3ccc4cc(-c5cnc(C6CCCN6C(=O)C(NC(=O)OC)C(C)C)[nH]5)ccc4c3)cc2)[nH]1)c1ccccc1. The normalized spacial score (nSPS) is 17.3. The third kappa shape index (κ3) is 8.56. The van der Waals surface area contributed by atoms with Crippen molar-refractivity contribution < 1.29 is 28.7 Å². The monoisotopic (exact) mass is 822 g/mol. The number of hydrogen-bond acceptors (Lipinski definition) is 8. The second-order valence-electron chi connectivity index (χ2n) is 15.9. The number of likely N-dealkylation sites (tertiary alicyclic amines) is 2. The summed E-state index contributed by atoms with van der Waals surface area (Å²) in [5.41, 5.74) is 6.52. The molecule has 4 atom stereocenters. The fourth-order valence-electron chi connectivity index (χ4n) is 8.52. The number of carbonyl (C=O) groups excluding carboxylic acids is 4. The van der Waals surface area contributed by atoms with Gasteiger partial charge in [0.25, 0.3) is 5.91 Å². The molecule has 4 heterocycles. The van der Waals surface area contributed by atoms with Crippen LogP contribution in [0.3, 0.4) is 0 Å².